The first-order chi connectivity index (χ1) is 11.1. The average Bonchev–Trinajstić information content (AvgIpc) is 2.57. The topological polar surface area (TPSA) is 52.7 Å². The Balaban J connectivity index is 0.00000208. The first kappa shape index (κ1) is 19.3. The maximum absolute atomic E-state index is 12.7. The third-order valence-electron chi connectivity index (χ3n) is 4.43. The SMILES string of the molecule is Cl.O=C(c1cccc(Cl)c1Cl)N1CCCC(N2CCNCC2=O)C1. The summed E-state index contributed by atoms with van der Waals surface area (Å²) in [5.74, 6) is -0.0129. The summed E-state index contributed by atoms with van der Waals surface area (Å²) < 4.78 is 0. The van der Waals surface area contributed by atoms with E-state index in [1.165, 1.54) is 0 Å². The Bertz CT molecular complexity index is 627. The molecule has 2 saturated heterocycles. The molecule has 5 nitrogen and oxygen atoms in total. The summed E-state index contributed by atoms with van der Waals surface area (Å²) >= 11 is 12.2. The number of nitrogens with one attached hydrogen (secondary N) is 1. The van der Waals surface area contributed by atoms with Crippen LogP contribution in [0.15, 0.2) is 18.2 Å². The molecule has 0 aromatic heterocycles. The van der Waals surface area contributed by atoms with Gasteiger partial charge in [0.1, 0.15) is 0 Å². The lowest BCUT2D eigenvalue weighted by Crippen LogP contribution is -2.57. The Morgan fingerprint density at radius 3 is 2.79 bits per heavy atom. The lowest BCUT2D eigenvalue weighted by Gasteiger charge is -2.41. The Hall–Kier alpha value is -1.01. The number of halogens is 3. The highest BCUT2D eigenvalue weighted by atomic mass is 35.5. The maximum atomic E-state index is 12.7. The van der Waals surface area contributed by atoms with Crippen LogP contribution in [-0.2, 0) is 4.79 Å². The Morgan fingerprint density at radius 2 is 2.04 bits per heavy atom. The molecule has 1 aromatic carbocycles. The zero-order chi connectivity index (χ0) is 16.4. The maximum Gasteiger partial charge on any atom is 0.255 e. The largest absolute Gasteiger partial charge is 0.337 e. The number of amides is 2. The summed E-state index contributed by atoms with van der Waals surface area (Å²) in [5.41, 5.74) is 0.423. The molecule has 2 aliphatic heterocycles. The van der Waals surface area contributed by atoms with Crippen LogP contribution in [0.5, 0.6) is 0 Å². The van der Waals surface area contributed by atoms with Gasteiger partial charge in [-0.15, -0.1) is 12.4 Å². The number of benzene rings is 1. The summed E-state index contributed by atoms with van der Waals surface area (Å²) in [6.07, 6.45) is 1.81. The van der Waals surface area contributed by atoms with Gasteiger partial charge in [-0.1, -0.05) is 29.3 Å². The fourth-order valence-corrected chi connectivity index (χ4v) is 3.62. The van der Waals surface area contributed by atoms with E-state index >= 15 is 0 Å². The molecule has 1 aromatic rings. The number of hydrogen-bond acceptors (Lipinski definition) is 3. The van der Waals surface area contributed by atoms with Crippen molar-refractivity contribution in [2.45, 2.75) is 18.9 Å². The van der Waals surface area contributed by atoms with Crippen molar-refractivity contribution in [3.05, 3.63) is 33.8 Å². The quantitative estimate of drug-likeness (QED) is 0.841. The van der Waals surface area contributed by atoms with Crippen LogP contribution >= 0.6 is 35.6 Å². The first-order valence-corrected chi connectivity index (χ1v) is 8.57. The van der Waals surface area contributed by atoms with Gasteiger partial charge < -0.3 is 15.1 Å². The van der Waals surface area contributed by atoms with E-state index in [1.807, 2.05) is 4.90 Å². The molecule has 1 N–H and O–H groups in total. The second-order valence-electron chi connectivity index (χ2n) is 5.91. The monoisotopic (exact) mass is 391 g/mol. The summed E-state index contributed by atoms with van der Waals surface area (Å²) in [7, 11) is 0. The summed E-state index contributed by atoms with van der Waals surface area (Å²) in [6, 6.07) is 5.16. The minimum Gasteiger partial charge on any atom is -0.337 e. The Morgan fingerprint density at radius 1 is 1.25 bits per heavy atom. The van der Waals surface area contributed by atoms with E-state index in [0.717, 1.165) is 19.4 Å². The molecule has 0 aliphatic carbocycles. The summed E-state index contributed by atoms with van der Waals surface area (Å²) in [5, 5.41) is 3.74. The molecule has 3 rings (SSSR count). The molecule has 1 atom stereocenters. The van der Waals surface area contributed by atoms with Crippen molar-refractivity contribution < 1.29 is 9.59 Å². The predicted molar refractivity (Wildman–Crippen MR) is 97.2 cm³/mol. The van der Waals surface area contributed by atoms with Gasteiger partial charge in [0.2, 0.25) is 5.91 Å². The van der Waals surface area contributed by atoms with Crippen molar-refractivity contribution in [3.8, 4) is 0 Å². The molecule has 1 unspecified atom stereocenters. The van der Waals surface area contributed by atoms with Crippen molar-refractivity contribution in [1.29, 1.82) is 0 Å². The standard InChI is InChI=1S/C16H19Cl2N3O2.ClH/c17-13-5-1-4-12(15(13)18)16(23)20-7-2-3-11(10-20)21-8-6-19-9-14(21)22;/h1,4-5,11,19H,2-3,6-10H2;1H. The Kier molecular flexibility index (Phi) is 6.75. The van der Waals surface area contributed by atoms with Crippen LogP contribution in [0.2, 0.25) is 10.0 Å². The fourth-order valence-electron chi connectivity index (χ4n) is 3.24. The van der Waals surface area contributed by atoms with E-state index in [-0.39, 0.29) is 30.3 Å². The average molecular weight is 393 g/mol. The van der Waals surface area contributed by atoms with Crippen LogP contribution in [0.25, 0.3) is 0 Å². The normalized spacial score (nSPS) is 21.4. The zero-order valence-electron chi connectivity index (χ0n) is 13.1. The van der Waals surface area contributed by atoms with E-state index in [2.05, 4.69) is 5.32 Å². The van der Waals surface area contributed by atoms with Gasteiger partial charge in [-0.2, -0.15) is 0 Å². The van der Waals surface area contributed by atoms with Crippen LogP contribution < -0.4 is 5.32 Å². The van der Waals surface area contributed by atoms with Crippen LogP contribution in [-0.4, -0.2) is 60.4 Å². The second-order valence-corrected chi connectivity index (χ2v) is 6.70. The van der Waals surface area contributed by atoms with Gasteiger partial charge in [0, 0.05) is 32.2 Å². The number of hydrogen-bond donors (Lipinski definition) is 1. The lowest BCUT2D eigenvalue weighted by atomic mass is 10.0. The Labute approximate surface area is 157 Å². The molecule has 132 valence electrons. The molecule has 0 saturated carbocycles. The van der Waals surface area contributed by atoms with Gasteiger partial charge >= 0.3 is 0 Å². The fraction of sp³-hybridized carbons (Fsp3) is 0.500. The molecule has 8 heteroatoms. The number of likely N-dealkylation sites (tertiary alicyclic amines) is 1. The molecular formula is C16H20Cl3N3O2. The summed E-state index contributed by atoms with van der Waals surface area (Å²) in [4.78, 5) is 28.5. The molecule has 2 aliphatic rings. The minimum atomic E-state index is -0.121. The van der Waals surface area contributed by atoms with E-state index in [1.54, 1.807) is 23.1 Å². The number of carbonyl (C=O) groups is 2. The molecule has 0 bridgehead atoms. The third-order valence-corrected chi connectivity index (χ3v) is 5.25. The van der Waals surface area contributed by atoms with Gasteiger partial charge in [0.25, 0.3) is 5.91 Å². The molecule has 2 heterocycles. The van der Waals surface area contributed by atoms with Crippen LogP contribution in [0, 0.1) is 0 Å². The van der Waals surface area contributed by atoms with E-state index in [0.29, 0.717) is 41.8 Å². The van der Waals surface area contributed by atoms with E-state index in [9.17, 15) is 9.59 Å². The lowest BCUT2D eigenvalue weighted by molar-refractivity contribution is -0.135. The second kappa shape index (κ2) is 8.39. The van der Waals surface area contributed by atoms with E-state index in [4.69, 9.17) is 23.2 Å². The highest BCUT2D eigenvalue weighted by Gasteiger charge is 2.32. The van der Waals surface area contributed by atoms with Gasteiger partial charge in [-0.3, -0.25) is 9.59 Å². The van der Waals surface area contributed by atoms with Crippen LogP contribution in [0.4, 0.5) is 0 Å². The number of rotatable bonds is 2. The van der Waals surface area contributed by atoms with Crippen molar-refractivity contribution >= 4 is 47.4 Å². The molecule has 0 spiro atoms. The molecule has 0 radical (unpaired) electrons. The smallest absolute Gasteiger partial charge is 0.255 e. The van der Waals surface area contributed by atoms with Crippen molar-refractivity contribution in [1.82, 2.24) is 15.1 Å². The molecule has 2 fully saturated rings. The molecule has 2 amide bonds. The molecule has 24 heavy (non-hydrogen) atoms. The van der Waals surface area contributed by atoms with Crippen LogP contribution in [0.3, 0.4) is 0 Å². The molecular weight excluding hydrogens is 373 g/mol. The highest BCUT2D eigenvalue weighted by molar-refractivity contribution is 6.43. The van der Waals surface area contributed by atoms with Crippen LogP contribution in [0.1, 0.15) is 23.2 Å². The number of nitrogens with zero attached hydrogens (tertiary/aromatic N) is 2. The predicted octanol–water partition coefficient (Wildman–Crippen LogP) is 2.45. The zero-order valence-corrected chi connectivity index (χ0v) is 15.5. The number of carbonyl (C=O) groups excluding carboxylic acids is 2. The van der Waals surface area contributed by atoms with Gasteiger partial charge in [0.05, 0.1) is 22.2 Å². The van der Waals surface area contributed by atoms with Gasteiger partial charge in [0.15, 0.2) is 0 Å². The third kappa shape index (κ3) is 3.97. The van der Waals surface area contributed by atoms with Crippen molar-refractivity contribution in [2.24, 2.45) is 0 Å². The van der Waals surface area contributed by atoms with Gasteiger partial charge in [-0.25, -0.2) is 0 Å². The number of piperidine rings is 1. The summed E-state index contributed by atoms with van der Waals surface area (Å²) in [6.45, 7) is 3.11. The van der Waals surface area contributed by atoms with Crippen molar-refractivity contribution in [2.75, 3.05) is 32.7 Å². The highest BCUT2D eigenvalue weighted by Crippen LogP contribution is 2.28. The van der Waals surface area contributed by atoms with E-state index < -0.39 is 0 Å². The first-order valence-electron chi connectivity index (χ1n) is 7.81. The number of piperazine rings is 1. The van der Waals surface area contributed by atoms with Crippen molar-refractivity contribution in [3.63, 3.8) is 0 Å². The minimum absolute atomic E-state index is 0. The van der Waals surface area contributed by atoms with Gasteiger partial charge in [-0.05, 0) is 25.0 Å².